The normalized spacial score (nSPS) is 18.4. The first-order valence-electron chi connectivity index (χ1n) is 6.81. The molecule has 0 spiro atoms. The van der Waals surface area contributed by atoms with Crippen LogP contribution in [0.5, 0.6) is 5.75 Å². The van der Waals surface area contributed by atoms with Crippen LogP contribution in [-0.4, -0.2) is 17.6 Å². The lowest BCUT2D eigenvalue weighted by Gasteiger charge is -2.17. The van der Waals surface area contributed by atoms with Gasteiger partial charge in [0.1, 0.15) is 17.7 Å². The number of pyridine rings is 1. The van der Waals surface area contributed by atoms with E-state index in [4.69, 9.17) is 4.74 Å². The molecule has 2 heterocycles. The Kier molecular flexibility index (Phi) is 3.65. The highest BCUT2D eigenvalue weighted by molar-refractivity contribution is 5.38. The van der Waals surface area contributed by atoms with Gasteiger partial charge in [0.2, 0.25) is 0 Å². The van der Waals surface area contributed by atoms with Gasteiger partial charge in [-0.3, -0.25) is 4.98 Å². The minimum atomic E-state index is -0.203. The topological polar surface area (TPSA) is 34.1 Å². The zero-order valence-corrected chi connectivity index (χ0v) is 11.3. The first-order chi connectivity index (χ1) is 9.72. The van der Waals surface area contributed by atoms with Gasteiger partial charge in [0.25, 0.3) is 0 Å². The number of benzene rings is 1. The van der Waals surface area contributed by atoms with E-state index < -0.39 is 0 Å². The van der Waals surface area contributed by atoms with Gasteiger partial charge in [-0.05, 0) is 42.8 Å². The molecule has 0 saturated carbocycles. The summed E-state index contributed by atoms with van der Waals surface area (Å²) >= 11 is 0. The van der Waals surface area contributed by atoms with Crippen LogP contribution in [0.1, 0.15) is 24.1 Å². The number of nitrogens with one attached hydrogen (secondary N) is 1. The van der Waals surface area contributed by atoms with Gasteiger partial charge in [-0.25, -0.2) is 4.39 Å². The number of nitrogens with zero attached hydrogens (tertiary/aromatic N) is 1. The lowest BCUT2D eigenvalue weighted by molar-refractivity contribution is 0.222. The summed E-state index contributed by atoms with van der Waals surface area (Å²) in [6, 6.07) is 8.93. The first kappa shape index (κ1) is 13.1. The summed E-state index contributed by atoms with van der Waals surface area (Å²) < 4.78 is 19.0. The fourth-order valence-electron chi connectivity index (χ4n) is 2.48. The molecule has 2 atom stereocenters. The van der Waals surface area contributed by atoms with E-state index in [-0.39, 0.29) is 18.0 Å². The van der Waals surface area contributed by atoms with E-state index in [0.717, 1.165) is 24.3 Å². The lowest BCUT2D eigenvalue weighted by Crippen LogP contribution is -2.31. The lowest BCUT2D eigenvalue weighted by atomic mass is 10.1. The van der Waals surface area contributed by atoms with Crippen LogP contribution in [0.15, 0.2) is 42.7 Å². The van der Waals surface area contributed by atoms with Crippen molar-refractivity contribution in [2.75, 3.05) is 6.54 Å². The number of aromatic nitrogens is 1. The van der Waals surface area contributed by atoms with E-state index in [1.54, 1.807) is 24.5 Å². The van der Waals surface area contributed by atoms with Crippen LogP contribution in [0, 0.1) is 5.82 Å². The molecule has 0 bridgehead atoms. The van der Waals surface area contributed by atoms with Crippen molar-refractivity contribution in [3.8, 4) is 5.75 Å². The molecule has 1 aromatic heterocycles. The van der Waals surface area contributed by atoms with Gasteiger partial charge >= 0.3 is 0 Å². The van der Waals surface area contributed by atoms with E-state index in [2.05, 4.69) is 17.2 Å². The predicted octanol–water partition coefficient (Wildman–Crippen LogP) is 2.88. The number of hydrogen-bond acceptors (Lipinski definition) is 3. The SMILES string of the molecule is C[C@H](NCC1Cc2cc(F)ccc2O1)c1ccncc1. The Morgan fingerprint density at radius 3 is 2.95 bits per heavy atom. The largest absolute Gasteiger partial charge is 0.488 e. The molecule has 3 rings (SSSR count). The Bertz CT molecular complexity index is 588. The smallest absolute Gasteiger partial charge is 0.123 e. The Hall–Kier alpha value is -1.94. The number of hydrogen-bond donors (Lipinski definition) is 1. The van der Waals surface area contributed by atoms with Crippen molar-refractivity contribution in [2.24, 2.45) is 0 Å². The highest BCUT2D eigenvalue weighted by atomic mass is 19.1. The molecule has 4 heteroatoms. The molecule has 1 unspecified atom stereocenters. The highest BCUT2D eigenvalue weighted by Crippen LogP contribution is 2.29. The van der Waals surface area contributed by atoms with Crippen LogP contribution in [-0.2, 0) is 6.42 Å². The molecule has 0 fully saturated rings. The number of fused-ring (bicyclic) bond motifs is 1. The van der Waals surface area contributed by atoms with Gasteiger partial charge < -0.3 is 10.1 Å². The van der Waals surface area contributed by atoms with Crippen LogP contribution < -0.4 is 10.1 Å². The first-order valence-corrected chi connectivity index (χ1v) is 6.81. The van der Waals surface area contributed by atoms with Crippen molar-refractivity contribution in [1.82, 2.24) is 10.3 Å². The van der Waals surface area contributed by atoms with Crippen molar-refractivity contribution in [3.05, 3.63) is 59.7 Å². The summed E-state index contributed by atoms with van der Waals surface area (Å²) in [5.41, 5.74) is 2.15. The Balaban J connectivity index is 1.56. The maximum atomic E-state index is 13.1. The van der Waals surface area contributed by atoms with Crippen molar-refractivity contribution >= 4 is 0 Å². The molecular weight excluding hydrogens is 255 g/mol. The maximum Gasteiger partial charge on any atom is 0.123 e. The molecule has 3 nitrogen and oxygen atoms in total. The number of halogens is 1. The quantitative estimate of drug-likeness (QED) is 0.929. The third kappa shape index (κ3) is 2.80. The van der Waals surface area contributed by atoms with Crippen molar-refractivity contribution in [1.29, 1.82) is 0 Å². The molecule has 0 aliphatic carbocycles. The molecule has 0 radical (unpaired) electrons. The summed E-state index contributed by atoms with van der Waals surface area (Å²) in [6.45, 7) is 2.84. The maximum absolute atomic E-state index is 13.1. The number of ether oxygens (including phenoxy) is 1. The van der Waals surface area contributed by atoms with Crippen LogP contribution in [0.2, 0.25) is 0 Å². The molecule has 2 aromatic rings. The summed E-state index contributed by atoms with van der Waals surface area (Å²) in [5.74, 6) is 0.598. The van der Waals surface area contributed by atoms with E-state index in [1.165, 1.54) is 11.6 Å². The molecule has 0 saturated heterocycles. The zero-order chi connectivity index (χ0) is 13.9. The fourth-order valence-corrected chi connectivity index (χ4v) is 2.48. The van der Waals surface area contributed by atoms with Gasteiger partial charge in [0, 0.05) is 37.0 Å². The Morgan fingerprint density at radius 1 is 1.35 bits per heavy atom. The van der Waals surface area contributed by atoms with Crippen LogP contribution in [0.25, 0.3) is 0 Å². The van der Waals surface area contributed by atoms with E-state index in [0.29, 0.717) is 0 Å². The second-order valence-electron chi connectivity index (χ2n) is 5.11. The second kappa shape index (κ2) is 5.59. The van der Waals surface area contributed by atoms with Gasteiger partial charge in [-0.15, -0.1) is 0 Å². The summed E-state index contributed by atoms with van der Waals surface area (Å²) in [5, 5.41) is 3.44. The van der Waals surface area contributed by atoms with Gasteiger partial charge in [-0.1, -0.05) is 0 Å². The molecule has 20 heavy (non-hydrogen) atoms. The Morgan fingerprint density at radius 2 is 2.15 bits per heavy atom. The summed E-state index contributed by atoms with van der Waals surface area (Å²) in [6.07, 6.45) is 4.40. The van der Waals surface area contributed by atoms with E-state index >= 15 is 0 Å². The van der Waals surface area contributed by atoms with Crippen LogP contribution >= 0.6 is 0 Å². The van der Waals surface area contributed by atoms with Crippen molar-refractivity contribution in [3.63, 3.8) is 0 Å². The minimum Gasteiger partial charge on any atom is -0.488 e. The monoisotopic (exact) mass is 272 g/mol. The number of rotatable bonds is 4. The fraction of sp³-hybridized carbons (Fsp3) is 0.312. The molecule has 104 valence electrons. The Labute approximate surface area is 117 Å². The molecular formula is C16H17FN2O. The molecule has 1 N–H and O–H groups in total. The second-order valence-corrected chi connectivity index (χ2v) is 5.11. The zero-order valence-electron chi connectivity index (χ0n) is 11.3. The third-order valence-electron chi connectivity index (χ3n) is 3.62. The van der Waals surface area contributed by atoms with Gasteiger partial charge in [0.15, 0.2) is 0 Å². The van der Waals surface area contributed by atoms with E-state index in [9.17, 15) is 4.39 Å². The average molecular weight is 272 g/mol. The van der Waals surface area contributed by atoms with E-state index in [1.807, 2.05) is 12.1 Å². The molecule has 0 amide bonds. The van der Waals surface area contributed by atoms with Crippen molar-refractivity contribution in [2.45, 2.75) is 25.5 Å². The van der Waals surface area contributed by atoms with Crippen molar-refractivity contribution < 1.29 is 9.13 Å². The molecule has 1 aliphatic rings. The predicted molar refractivity (Wildman–Crippen MR) is 75.2 cm³/mol. The minimum absolute atomic E-state index is 0.0658. The van der Waals surface area contributed by atoms with Crippen LogP contribution in [0.3, 0.4) is 0 Å². The average Bonchev–Trinajstić information content (AvgIpc) is 2.87. The molecule has 1 aromatic carbocycles. The molecule has 1 aliphatic heterocycles. The standard InChI is InChI=1S/C16H17FN2O/c1-11(12-4-6-18-7-5-12)19-10-15-9-13-8-14(17)2-3-16(13)20-15/h2-8,11,15,19H,9-10H2,1H3/t11-,15?/m0/s1. The van der Waals surface area contributed by atoms with Gasteiger partial charge in [-0.2, -0.15) is 0 Å². The summed E-state index contributed by atoms with van der Waals surface area (Å²) in [4.78, 5) is 4.01. The highest BCUT2D eigenvalue weighted by Gasteiger charge is 2.23. The summed E-state index contributed by atoms with van der Waals surface area (Å²) in [7, 11) is 0. The third-order valence-corrected chi connectivity index (χ3v) is 3.62. The van der Waals surface area contributed by atoms with Crippen LogP contribution in [0.4, 0.5) is 4.39 Å². The van der Waals surface area contributed by atoms with Gasteiger partial charge in [0.05, 0.1) is 0 Å².